The van der Waals surface area contributed by atoms with E-state index < -0.39 is 0 Å². The number of rotatable bonds is 10. The Morgan fingerprint density at radius 2 is 1.97 bits per heavy atom. The van der Waals surface area contributed by atoms with Crippen molar-refractivity contribution in [3.05, 3.63) is 28.8 Å². The third-order valence-corrected chi connectivity index (χ3v) is 5.22. The second kappa shape index (κ2) is 15.5. The first kappa shape index (κ1) is 27.7. The van der Waals surface area contributed by atoms with Crippen LogP contribution in [0.4, 0.5) is 0 Å². The summed E-state index contributed by atoms with van der Waals surface area (Å²) < 4.78 is 10.6. The van der Waals surface area contributed by atoms with Crippen molar-refractivity contribution in [3.8, 4) is 5.75 Å². The molecule has 1 aliphatic rings. The summed E-state index contributed by atoms with van der Waals surface area (Å²) in [6, 6.07) is 5.67. The number of ether oxygens (including phenoxy) is 2. The maximum atomic E-state index is 11.9. The summed E-state index contributed by atoms with van der Waals surface area (Å²) in [6.45, 7) is 6.14. The Hall–Kier alpha value is -1.30. The minimum absolute atomic E-state index is 0. The fourth-order valence-electron chi connectivity index (χ4n) is 2.97. The third-order valence-electron chi connectivity index (χ3n) is 4.87. The summed E-state index contributed by atoms with van der Waals surface area (Å²) in [5.74, 6) is 1.34. The number of morpholine rings is 1. The lowest BCUT2D eigenvalue weighted by Gasteiger charge is -2.26. The SMILES string of the molecule is COc1ccc(CCNC(=NCC(=O)N(C)C)NCCCN2CCOCC2)c(Cl)c1.I. The highest BCUT2D eigenvalue weighted by Crippen LogP contribution is 2.22. The van der Waals surface area contributed by atoms with Crippen LogP contribution in [0, 0.1) is 0 Å². The van der Waals surface area contributed by atoms with Crippen LogP contribution >= 0.6 is 35.6 Å². The molecule has 1 aromatic rings. The number of methoxy groups -OCH3 is 1. The zero-order chi connectivity index (χ0) is 21.8. The molecule has 0 aliphatic carbocycles. The molecule has 0 atom stereocenters. The van der Waals surface area contributed by atoms with E-state index in [9.17, 15) is 4.79 Å². The van der Waals surface area contributed by atoms with E-state index in [1.807, 2.05) is 18.2 Å². The molecule has 0 bridgehead atoms. The van der Waals surface area contributed by atoms with Crippen LogP contribution in [0.3, 0.4) is 0 Å². The maximum absolute atomic E-state index is 11.9. The van der Waals surface area contributed by atoms with Gasteiger partial charge in [-0.25, -0.2) is 4.99 Å². The van der Waals surface area contributed by atoms with Gasteiger partial charge in [0.15, 0.2) is 5.96 Å². The predicted molar refractivity (Wildman–Crippen MR) is 136 cm³/mol. The minimum Gasteiger partial charge on any atom is -0.497 e. The van der Waals surface area contributed by atoms with Crippen molar-refractivity contribution in [2.24, 2.45) is 4.99 Å². The summed E-state index contributed by atoms with van der Waals surface area (Å²) in [5.41, 5.74) is 1.03. The summed E-state index contributed by atoms with van der Waals surface area (Å²) in [6.07, 6.45) is 1.73. The predicted octanol–water partition coefficient (Wildman–Crippen LogP) is 1.85. The topological polar surface area (TPSA) is 78.4 Å². The van der Waals surface area contributed by atoms with E-state index in [2.05, 4.69) is 20.5 Å². The summed E-state index contributed by atoms with van der Waals surface area (Å²) >= 11 is 6.32. The summed E-state index contributed by atoms with van der Waals surface area (Å²) in [7, 11) is 5.08. The monoisotopic (exact) mass is 567 g/mol. The average Bonchev–Trinajstić information content (AvgIpc) is 2.75. The molecule has 1 aliphatic heterocycles. The first-order chi connectivity index (χ1) is 14.5. The molecule has 1 saturated heterocycles. The highest BCUT2D eigenvalue weighted by molar-refractivity contribution is 14.0. The van der Waals surface area contributed by atoms with Crippen molar-refractivity contribution in [2.45, 2.75) is 12.8 Å². The Labute approximate surface area is 207 Å². The lowest BCUT2D eigenvalue weighted by atomic mass is 10.1. The molecule has 1 heterocycles. The van der Waals surface area contributed by atoms with Gasteiger partial charge in [-0.05, 0) is 37.1 Å². The number of carbonyl (C=O) groups excluding carboxylic acids is 1. The molecule has 0 saturated carbocycles. The van der Waals surface area contributed by atoms with Crippen LogP contribution in [0.2, 0.25) is 5.02 Å². The molecule has 10 heteroatoms. The van der Waals surface area contributed by atoms with E-state index in [4.69, 9.17) is 21.1 Å². The van der Waals surface area contributed by atoms with Gasteiger partial charge in [0.25, 0.3) is 0 Å². The molecule has 0 spiro atoms. The van der Waals surface area contributed by atoms with Gasteiger partial charge in [0.05, 0.1) is 20.3 Å². The Kier molecular flexibility index (Phi) is 13.9. The number of aliphatic imine (C=N–C) groups is 1. The van der Waals surface area contributed by atoms with Crippen molar-refractivity contribution in [1.82, 2.24) is 20.4 Å². The first-order valence-corrected chi connectivity index (χ1v) is 10.7. The molecule has 0 aromatic heterocycles. The zero-order valence-electron chi connectivity index (χ0n) is 18.7. The van der Waals surface area contributed by atoms with Gasteiger partial charge in [-0.1, -0.05) is 17.7 Å². The van der Waals surface area contributed by atoms with Gasteiger partial charge in [0.2, 0.25) is 5.91 Å². The number of carbonyl (C=O) groups is 1. The van der Waals surface area contributed by atoms with E-state index in [0.29, 0.717) is 17.5 Å². The lowest BCUT2D eigenvalue weighted by Crippen LogP contribution is -2.41. The van der Waals surface area contributed by atoms with Crippen LogP contribution in [-0.4, -0.2) is 95.4 Å². The van der Waals surface area contributed by atoms with Crippen LogP contribution in [0.5, 0.6) is 5.75 Å². The number of likely N-dealkylation sites (N-methyl/N-ethyl adjacent to an activating group) is 1. The molecule has 2 rings (SSSR count). The quantitative estimate of drug-likeness (QED) is 0.195. The highest BCUT2D eigenvalue weighted by atomic mass is 127. The van der Waals surface area contributed by atoms with Gasteiger partial charge >= 0.3 is 0 Å². The number of halogens is 2. The van der Waals surface area contributed by atoms with Crippen molar-refractivity contribution in [2.75, 3.05) is 73.7 Å². The Morgan fingerprint density at radius 3 is 2.61 bits per heavy atom. The van der Waals surface area contributed by atoms with Crippen molar-refractivity contribution >= 4 is 47.4 Å². The average molecular weight is 568 g/mol. The van der Waals surface area contributed by atoms with Gasteiger partial charge in [0.1, 0.15) is 12.3 Å². The van der Waals surface area contributed by atoms with Gasteiger partial charge in [-0.2, -0.15) is 0 Å². The molecule has 0 radical (unpaired) electrons. The molecule has 31 heavy (non-hydrogen) atoms. The molecule has 176 valence electrons. The second-order valence-electron chi connectivity index (χ2n) is 7.32. The Balaban J connectivity index is 0.00000480. The van der Waals surface area contributed by atoms with Crippen LogP contribution in [0.1, 0.15) is 12.0 Å². The number of nitrogens with zero attached hydrogens (tertiary/aromatic N) is 3. The molecule has 0 unspecified atom stereocenters. The summed E-state index contributed by atoms with van der Waals surface area (Å²) in [4.78, 5) is 20.3. The van der Waals surface area contributed by atoms with Gasteiger partial charge < -0.3 is 25.0 Å². The molecular weight excluding hydrogens is 533 g/mol. The largest absolute Gasteiger partial charge is 0.497 e. The molecule has 2 N–H and O–H groups in total. The summed E-state index contributed by atoms with van der Waals surface area (Å²) in [5, 5.41) is 7.31. The molecule has 1 aromatic carbocycles. The lowest BCUT2D eigenvalue weighted by molar-refractivity contribution is -0.127. The van der Waals surface area contributed by atoms with E-state index in [1.54, 1.807) is 21.2 Å². The highest BCUT2D eigenvalue weighted by Gasteiger charge is 2.10. The first-order valence-electron chi connectivity index (χ1n) is 10.3. The Bertz CT molecular complexity index is 700. The number of benzene rings is 1. The van der Waals surface area contributed by atoms with Crippen LogP contribution in [0.15, 0.2) is 23.2 Å². The maximum Gasteiger partial charge on any atom is 0.243 e. The van der Waals surface area contributed by atoms with Crippen molar-refractivity contribution < 1.29 is 14.3 Å². The van der Waals surface area contributed by atoms with Gasteiger partial charge in [0, 0.05) is 45.3 Å². The number of nitrogens with one attached hydrogen (secondary N) is 2. The van der Waals surface area contributed by atoms with E-state index in [-0.39, 0.29) is 36.4 Å². The zero-order valence-corrected chi connectivity index (χ0v) is 21.7. The molecule has 8 nitrogen and oxygen atoms in total. The molecular formula is C21H35ClIN5O3. The third kappa shape index (κ3) is 10.7. The van der Waals surface area contributed by atoms with E-state index >= 15 is 0 Å². The van der Waals surface area contributed by atoms with Crippen LogP contribution in [-0.2, 0) is 16.0 Å². The van der Waals surface area contributed by atoms with Gasteiger partial charge in [-0.3, -0.25) is 9.69 Å². The fraction of sp³-hybridized carbons (Fsp3) is 0.619. The van der Waals surface area contributed by atoms with Crippen LogP contribution < -0.4 is 15.4 Å². The number of amides is 1. The molecule has 1 fully saturated rings. The van der Waals surface area contributed by atoms with Crippen molar-refractivity contribution in [3.63, 3.8) is 0 Å². The second-order valence-corrected chi connectivity index (χ2v) is 7.73. The fourth-order valence-corrected chi connectivity index (χ4v) is 3.23. The van der Waals surface area contributed by atoms with Crippen molar-refractivity contribution in [1.29, 1.82) is 0 Å². The minimum atomic E-state index is -0.0392. The number of hydrogen-bond acceptors (Lipinski definition) is 5. The normalized spacial score (nSPS) is 14.5. The smallest absolute Gasteiger partial charge is 0.243 e. The molecule has 1 amide bonds. The van der Waals surface area contributed by atoms with E-state index in [1.165, 1.54) is 4.90 Å². The van der Waals surface area contributed by atoms with Crippen LogP contribution in [0.25, 0.3) is 0 Å². The number of guanidine groups is 1. The van der Waals surface area contributed by atoms with E-state index in [0.717, 1.165) is 63.5 Å². The van der Waals surface area contributed by atoms with Gasteiger partial charge in [-0.15, -0.1) is 24.0 Å². The Morgan fingerprint density at radius 1 is 1.26 bits per heavy atom. The standard InChI is InChI=1S/C21H34ClN5O3.HI/c1-26(2)20(28)16-25-21(23-8-4-10-27-11-13-30-14-12-27)24-9-7-17-5-6-18(29-3)15-19(17)22;/h5-6,15H,4,7-14,16H2,1-3H3,(H2,23,24,25);1H. The number of hydrogen-bond donors (Lipinski definition) is 2.